The number of nitrogen functional groups attached to an aromatic ring is 1. The van der Waals surface area contributed by atoms with Crippen molar-refractivity contribution in [2.24, 2.45) is 0 Å². The Hall–Kier alpha value is -2.07. The fourth-order valence-corrected chi connectivity index (χ4v) is 2.32. The molecule has 0 bridgehead atoms. The predicted octanol–water partition coefficient (Wildman–Crippen LogP) is 3.94. The van der Waals surface area contributed by atoms with E-state index in [2.05, 4.69) is 5.32 Å². The summed E-state index contributed by atoms with van der Waals surface area (Å²) in [4.78, 5) is 12.3. The molecule has 0 fully saturated rings. The lowest BCUT2D eigenvalue weighted by Gasteiger charge is -2.18. The Morgan fingerprint density at radius 2 is 2.10 bits per heavy atom. The zero-order valence-electron chi connectivity index (χ0n) is 11.6. The van der Waals surface area contributed by atoms with Gasteiger partial charge in [0.1, 0.15) is 5.82 Å². The van der Waals surface area contributed by atoms with Crippen molar-refractivity contribution in [1.82, 2.24) is 5.32 Å². The van der Waals surface area contributed by atoms with E-state index in [0.717, 1.165) is 11.6 Å². The summed E-state index contributed by atoms with van der Waals surface area (Å²) in [5, 5.41) is 3.50. The van der Waals surface area contributed by atoms with Crippen LogP contribution in [0.4, 0.5) is 10.1 Å². The maximum Gasteiger partial charge on any atom is 0.253 e. The molecule has 3 N–H and O–H groups in total. The molecule has 1 atom stereocenters. The molecule has 1 unspecified atom stereocenters. The van der Waals surface area contributed by atoms with Gasteiger partial charge in [0.15, 0.2) is 0 Å². The van der Waals surface area contributed by atoms with Gasteiger partial charge >= 0.3 is 0 Å². The highest BCUT2D eigenvalue weighted by atomic mass is 35.5. The van der Waals surface area contributed by atoms with Crippen molar-refractivity contribution in [2.75, 3.05) is 5.73 Å². The van der Waals surface area contributed by atoms with Crippen LogP contribution in [0.2, 0.25) is 5.02 Å². The van der Waals surface area contributed by atoms with Crippen molar-refractivity contribution in [1.29, 1.82) is 0 Å². The van der Waals surface area contributed by atoms with E-state index in [4.69, 9.17) is 17.3 Å². The van der Waals surface area contributed by atoms with Crippen molar-refractivity contribution in [3.05, 3.63) is 64.4 Å². The summed E-state index contributed by atoms with van der Waals surface area (Å²) in [5.74, 6) is -0.801. The molecule has 21 heavy (non-hydrogen) atoms. The van der Waals surface area contributed by atoms with Crippen LogP contribution < -0.4 is 11.1 Å². The molecule has 0 aliphatic heterocycles. The van der Waals surface area contributed by atoms with E-state index < -0.39 is 5.82 Å². The zero-order valence-corrected chi connectivity index (χ0v) is 12.3. The Kier molecular flexibility index (Phi) is 4.81. The Bertz CT molecular complexity index is 660. The molecule has 110 valence electrons. The third-order valence-corrected chi connectivity index (χ3v) is 3.46. The van der Waals surface area contributed by atoms with Crippen molar-refractivity contribution >= 4 is 23.2 Å². The molecule has 0 aliphatic carbocycles. The Morgan fingerprint density at radius 1 is 1.33 bits per heavy atom. The first-order valence-corrected chi connectivity index (χ1v) is 7.00. The average molecular weight is 307 g/mol. The van der Waals surface area contributed by atoms with E-state index in [9.17, 15) is 9.18 Å². The molecule has 2 aromatic rings. The number of rotatable bonds is 4. The first-order valence-electron chi connectivity index (χ1n) is 6.62. The number of hydrogen-bond acceptors (Lipinski definition) is 2. The minimum Gasteiger partial charge on any atom is -0.398 e. The van der Waals surface area contributed by atoms with Crippen molar-refractivity contribution in [3.63, 3.8) is 0 Å². The average Bonchev–Trinajstić information content (AvgIpc) is 2.44. The lowest BCUT2D eigenvalue weighted by atomic mass is 10.0. The fourth-order valence-electron chi connectivity index (χ4n) is 2.12. The predicted molar refractivity (Wildman–Crippen MR) is 82.8 cm³/mol. The molecule has 2 aromatic carbocycles. The van der Waals surface area contributed by atoms with Crippen LogP contribution in [-0.4, -0.2) is 5.91 Å². The Balaban J connectivity index is 2.20. The second kappa shape index (κ2) is 6.59. The number of hydrogen-bond donors (Lipinski definition) is 2. The molecule has 2 rings (SSSR count). The van der Waals surface area contributed by atoms with Crippen LogP contribution in [0.1, 0.15) is 35.3 Å². The van der Waals surface area contributed by atoms with Crippen LogP contribution in [0.25, 0.3) is 0 Å². The molecule has 0 aliphatic rings. The lowest BCUT2D eigenvalue weighted by molar-refractivity contribution is 0.0936. The van der Waals surface area contributed by atoms with Gasteiger partial charge in [0.25, 0.3) is 5.91 Å². The first-order chi connectivity index (χ1) is 10.0. The van der Waals surface area contributed by atoms with Crippen LogP contribution in [0, 0.1) is 5.82 Å². The normalized spacial score (nSPS) is 12.0. The van der Waals surface area contributed by atoms with E-state index in [1.54, 1.807) is 6.07 Å². The van der Waals surface area contributed by atoms with E-state index in [1.807, 2.05) is 25.1 Å². The summed E-state index contributed by atoms with van der Waals surface area (Å²) in [6, 6.07) is 10.9. The van der Waals surface area contributed by atoms with Gasteiger partial charge in [-0.15, -0.1) is 0 Å². The molecule has 5 heteroatoms. The number of amides is 1. The van der Waals surface area contributed by atoms with Crippen LogP contribution in [-0.2, 0) is 0 Å². The molecule has 0 spiro atoms. The summed E-state index contributed by atoms with van der Waals surface area (Å²) in [5.41, 5.74) is 6.98. The smallest absolute Gasteiger partial charge is 0.253 e. The monoisotopic (exact) mass is 306 g/mol. The van der Waals surface area contributed by atoms with Crippen molar-refractivity contribution < 1.29 is 9.18 Å². The highest BCUT2D eigenvalue weighted by Crippen LogP contribution is 2.22. The van der Waals surface area contributed by atoms with Gasteiger partial charge in [0.05, 0.1) is 11.6 Å². The van der Waals surface area contributed by atoms with Crippen LogP contribution >= 0.6 is 11.6 Å². The van der Waals surface area contributed by atoms with Gasteiger partial charge in [-0.1, -0.05) is 30.7 Å². The summed E-state index contributed by atoms with van der Waals surface area (Å²) < 4.78 is 13.0. The summed E-state index contributed by atoms with van der Waals surface area (Å²) >= 11 is 5.97. The molecule has 0 heterocycles. The number of nitrogens with two attached hydrogens (primary N) is 1. The van der Waals surface area contributed by atoms with Gasteiger partial charge in [-0.25, -0.2) is 4.39 Å². The topological polar surface area (TPSA) is 55.1 Å². The van der Waals surface area contributed by atoms with E-state index >= 15 is 0 Å². The molecule has 0 radical (unpaired) electrons. The van der Waals surface area contributed by atoms with Crippen molar-refractivity contribution in [2.45, 2.75) is 19.4 Å². The Labute approximate surface area is 127 Å². The number of halogens is 2. The molecular formula is C16H16ClFN2O. The van der Waals surface area contributed by atoms with Gasteiger partial charge in [0, 0.05) is 10.7 Å². The molecule has 1 amide bonds. The van der Waals surface area contributed by atoms with Crippen molar-refractivity contribution in [3.8, 4) is 0 Å². The molecular weight excluding hydrogens is 291 g/mol. The van der Waals surface area contributed by atoms with Crippen LogP contribution in [0.3, 0.4) is 0 Å². The number of carbonyl (C=O) groups excluding carboxylic acids is 1. The maximum atomic E-state index is 13.0. The minimum absolute atomic E-state index is 0.119. The number of nitrogens with one attached hydrogen (secondary N) is 1. The fraction of sp³-hybridized carbons (Fsp3) is 0.188. The van der Waals surface area contributed by atoms with E-state index in [0.29, 0.717) is 11.4 Å². The third kappa shape index (κ3) is 3.73. The highest BCUT2D eigenvalue weighted by Gasteiger charge is 2.16. The number of anilines is 1. The second-order valence-corrected chi connectivity index (χ2v) is 5.16. The molecule has 0 aromatic heterocycles. The standard InChI is InChI=1S/C16H16ClFN2O/c1-2-15(10-4-3-5-11(17)8-10)20-16(21)13-7-6-12(18)9-14(13)19/h3-9,15H,2,19H2,1H3,(H,20,21). The first kappa shape index (κ1) is 15.3. The summed E-state index contributed by atoms with van der Waals surface area (Å²) in [6.45, 7) is 1.96. The van der Waals surface area contributed by atoms with E-state index in [1.165, 1.54) is 12.1 Å². The van der Waals surface area contributed by atoms with Gasteiger partial charge in [-0.3, -0.25) is 4.79 Å². The van der Waals surface area contributed by atoms with Crippen LogP contribution in [0.5, 0.6) is 0 Å². The molecule has 0 saturated carbocycles. The lowest BCUT2D eigenvalue weighted by Crippen LogP contribution is -2.28. The third-order valence-electron chi connectivity index (χ3n) is 3.22. The quantitative estimate of drug-likeness (QED) is 0.841. The van der Waals surface area contributed by atoms with Gasteiger partial charge < -0.3 is 11.1 Å². The summed E-state index contributed by atoms with van der Waals surface area (Å²) in [7, 11) is 0. The summed E-state index contributed by atoms with van der Waals surface area (Å²) in [6.07, 6.45) is 0.702. The van der Waals surface area contributed by atoms with Gasteiger partial charge in [-0.2, -0.15) is 0 Å². The number of benzene rings is 2. The van der Waals surface area contributed by atoms with E-state index in [-0.39, 0.29) is 23.2 Å². The second-order valence-electron chi connectivity index (χ2n) is 4.72. The molecule has 3 nitrogen and oxygen atoms in total. The van der Waals surface area contributed by atoms with Crippen LogP contribution in [0.15, 0.2) is 42.5 Å². The largest absolute Gasteiger partial charge is 0.398 e. The number of carbonyl (C=O) groups is 1. The minimum atomic E-state index is -0.467. The van der Waals surface area contributed by atoms with Gasteiger partial charge in [0.2, 0.25) is 0 Å². The molecule has 0 saturated heterocycles. The Morgan fingerprint density at radius 3 is 2.71 bits per heavy atom. The SMILES string of the molecule is CCC(NC(=O)c1ccc(F)cc1N)c1cccc(Cl)c1. The maximum absolute atomic E-state index is 13.0. The van der Waals surface area contributed by atoms with Gasteiger partial charge in [-0.05, 0) is 42.3 Å². The zero-order chi connectivity index (χ0) is 15.4. The highest BCUT2D eigenvalue weighted by molar-refractivity contribution is 6.30.